The molecule has 1 aromatic carbocycles. The van der Waals surface area contributed by atoms with Crippen LogP contribution in [0.3, 0.4) is 0 Å². The maximum absolute atomic E-state index is 12.5. The zero-order valence-electron chi connectivity index (χ0n) is 13.2. The van der Waals surface area contributed by atoms with Gasteiger partial charge in [0.1, 0.15) is 4.90 Å². The minimum atomic E-state index is -3.54. The standard InChI is InChI=1S/C16H26N2O2S/c1-12-9-14(17)15(10-13(12)2)21(19,20)18-11-16(3)7-5-4-6-8-16/h9-10,18H,4-8,11,17H2,1-3H3. The largest absolute Gasteiger partial charge is 0.398 e. The summed E-state index contributed by atoms with van der Waals surface area (Å²) in [6, 6.07) is 3.39. The second-order valence-corrected chi connectivity index (χ2v) is 8.41. The number of rotatable bonds is 4. The number of nitrogens with one attached hydrogen (secondary N) is 1. The molecule has 0 spiro atoms. The summed E-state index contributed by atoms with van der Waals surface area (Å²) >= 11 is 0. The quantitative estimate of drug-likeness (QED) is 0.839. The van der Waals surface area contributed by atoms with E-state index in [9.17, 15) is 8.42 Å². The van der Waals surface area contributed by atoms with E-state index in [1.54, 1.807) is 12.1 Å². The minimum absolute atomic E-state index is 0.0693. The number of benzene rings is 1. The van der Waals surface area contributed by atoms with Gasteiger partial charge in [0.15, 0.2) is 0 Å². The van der Waals surface area contributed by atoms with Crippen molar-refractivity contribution in [2.75, 3.05) is 12.3 Å². The van der Waals surface area contributed by atoms with Gasteiger partial charge in [-0.15, -0.1) is 0 Å². The van der Waals surface area contributed by atoms with Crippen LogP contribution in [0.25, 0.3) is 0 Å². The molecular formula is C16H26N2O2S. The van der Waals surface area contributed by atoms with Gasteiger partial charge in [0.2, 0.25) is 10.0 Å². The van der Waals surface area contributed by atoms with Crippen LogP contribution in [0.1, 0.15) is 50.2 Å². The van der Waals surface area contributed by atoms with Crippen LogP contribution < -0.4 is 10.5 Å². The number of hydrogen-bond donors (Lipinski definition) is 2. The molecule has 5 heteroatoms. The first-order valence-corrected chi connectivity index (χ1v) is 9.08. The van der Waals surface area contributed by atoms with Gasteiger partial charge >= 0.3 is 0 Å². The summed E-state index contributed by atoms with van der Waals surface area (Å²) in [5.74, 6) is 0. The SMILES string of the molecule is Cc1cc(N)c(S(=O)(=O)NCC2(C)CCCCC2)cc1C. The second-order valence-electron chi connectivity index (χ2n) is 6.67. The van der Waals surface area contributed by atoms with Gasteiger partial charge in [0.25, 0.3) is 0 Å². The van der Waals surface area contributed by atoms with Crippen molar-refractivity contribution in [3.8, 4) is 0 Å². The molecule has 1 aliphatic carbocycles. The lowest BCUT2D eigenvalue weighted by atomic mass is 9.76. The third-order valence-corrected chi connectivity index (χ3v) is 6.12. The van der Waals surface area contributed by atoms with Crippen molar-refractivity contribution in [2.24, 2.45) is 5.41 Å². The van der Waals surface area contributed by atoms with E-state index in [-0.39, 0.29) is 10.3 Å². The molecule has 21 heavy (non-hydrogen) atoms. The Morgan fingerprint density at radius 2 is 1.71 bits per heavy atom. The molecule has 2 rings (SSSR count). The van der Waals surface area contributed by atoms with Gasteiger partial charge in [-0.1, -0.05) is 26.2 Å². The van der Waals surface area contributed by atoms with Crippen molar-refractivity contribution in [3.05, 3.63) is 23.3 Å². The molecule has 0 unspecified atom stereocenters. The smallest absolute Gasteiger partial charge is 0.242 e. The van der Waals surface area contributed by atoms with E-state index in [0.717, 1.165) is 24.0 Å². The Kier molecular flexibility index (Phi) is 4.63. The van der Waals surface area contributed by atoms with Gasteiger partial charge in [-0.05, 0) is 55.4 Å². The van der Waals surface area contributed by atoms with Gasteiger partial charge in [-0.2, -0.15) is 0 Å². The highest BCUT2D eigenvalue weighted by atomic mass is 32.2. The summed E-state index contributed by atoms with van der Waals surface area (Å²) in [5.41, 5.74) is 8.23. The van der Waals surface area contributed by atoms with Crippen LogP contribution in [0.4, 0.5) is 5.69 Å². The highest BCUT2D eigenvalue weighted by Crippen LogP contribution is 2.35. The Balaban J connectivity index is 2.17. The Bertz CT molecular complexity index is 617. The molecule has 1 aromatic rings. The highest BCUT2D eigenvalue weighted by molar-refractivity contribution is 7.89. The summed E-state index contributed by atoms with van der Waals surface area (Å²) < 4.78 is 27.8. The van der Waals surface area contributed by atoms with Crippen molar-refractivity contribution >= 4 is 15.7 Å². The second kappa shape index (κ2) is 5.97. The first kappa shape index (κ1) is 16.3. The van der Waals surface area contributed by atoms with Gasteiger partial charge in [0, 0.05) is 6.54 Å². The molecular weight excluding hydrogens is 284 g/mol. The van der Waals surface area contributed by atoms with Gasteiger partial charge < -0.3 is 5.73 Å². The molecule has 1 fully saturated rings. The molecule has 0 aromatic heterocycles. The van der Waals surface area contributed by atoms with Gasteiger partial charge in [-0.3, -0.25) is 0 Å². The summed E-state index contributed by atoms with van der Waals surface area (Å²) in [7, 11) is -3.54. The minimum Gasteiger partial charge on any atom is -0.398 e. The van der Waals surface area contributed by atoms with Crippen molar-refractivity contribution in [1.29, 1.82) is 0 Å². The lowest BCUT2D eigenvalue weighted by Gasteiger charge is -2.33. The van der Waals surface area contributed by atoms with Crippen LogP contribution in [0.5, 0.6) is 0 Å². The van der Waals surface area contributed by atoms with E-state index in [2.05, 4.69) is 11.6 Å². The third kappa shape index (κ3) is 3.77. The molecule has 4 nitrogen and oxygen atoms in total. The van der Waals surface area contributed by atoms with E-state index in [0.29, 0.717) is 12.2 Å². The fourth-order valence-corrected chi connectivity index (χ4v) is 4.37. The van der Waals surface area contributed by atoms with E-state index in [1.165, 1.54) is 19.3 Å². The monoisotopic (exact) mass is 310 g/mol. The molecule has 118 valence electrons. The Labute approximate surface area is 128 Å². The first-order chi connectivity index (χ1) is 9.73. The molecule has 0 atom stereocenters. The van der Waals surface area contributed by atoms with Gasteiger partial charge in [-0.25, -0.2) is 13.1 Å². The fourth-order valence-electron chi connectivity index (χ4n) is 2.97. The molecule has 1 saturated carbocycles. The van der Waals surface area contributed by atoms with Crippen molar-refractivity contribution < 1.29 is 8.42 Å². The van der Waals surface area contributed by atoms with Crippen LogP contribution in [-0.4, -0.2) is 15.0 Å². The average Bonchev–Trinajstić information content (AvgIpc) is 2.42. The molecule has 0 bridgehead atoms. The molecule has 0 aliphatic heterocycles. The lowest BCUT2D eigenvalue weighted by Crippen LogP contribution is -2.37. The normalized spacial score (nSPS) is 18.6. The number of anilines is 1. The summed E-state index contributed by atoms with van der Waals surface area (Å²) in [5, 5.41) is 0. The lowest BCUT2D eigenvalue weighted by molar-refractivity contribution is 0.219. The average molecular weight is 310 g/mol. The van der Waals surface area contributed by atoms with Crippen molar-refractivity contribution in [2.45, 2.75) is 57.8 Å². The zero-order chi connectivity index (χ0) is 15.7. The maximum atomic E-state index is 12.5. The Morgan fingerprint density at radius 1 is 1.14 bits per heavy atom. The van der Waals surface area contributed by atoms with Crippen molar-refractivity contribution in [1.82, 2.24) is 4.72 Å². The molecule has 1 aliphatic rings. The number of hydrogen-bond acceptors (Lipinski definition) is 3. The maximum Gasteiger partial charge on any atom is 0.242 e. The molecule has 0 saturated heterocycles. The van der Waals surface area contributed by atoms with E-state index >= 15 is 0 Å². The first-order valence-electron chi connectivity index (χ1n) is 7.60. The van der Waals surface area contributed by atoms with Crippen LogP contribution in [0.15, 0.2) is 17.0 Å². The number of aryl methyl sites for hydroxylation is 2. The molecule has 0 radical (unpaired) electrons. The molecule has 0 amide bonds. The van der Waals surface area contributed by atoms with E-state index in [1.807, 2.05) is 13.8 Å². The fraction of sp³-hybridized carbons (Fsp3) is 0.625. The summed E-state index contributed by atoms with van der Waals surface area (Å²) in [6.07, 6.45) is 5.79. The number of nitrogens with two attached hydrogens (primary N) is 1. The molecule has 0 heterocycles. The summed E-state index contributed by atoms with van der Waals surface area (Å²) in [6.45, 7) is 6.48. The van der Waals surface area contributed by atoms with E-state index in [4.69, 9.17) is 5.73 Å². The third-order valence-electron chi connectivity index (χ3n) is 4.67. The predicted molar refractivity (Wildman–Crippen MR) is 86.7 cm³/mol. The number of sulfonamides is 1. The van der Waals surface area contributed by atoms with E-state index < -0.39 is 10.0 Å². The van der Waals surface area contributed by atoms with Crippen molar-refractivity contribution in [3.63, 3.8) is 0 Å². The van der Waals surface area contributed by atoms with Gasteiger partial charge in [0.05, 0.1) is 5.69 Å². The zero-order valence-corrected chi connectivity index (χ0v) is 14.0. The Hall–Kier alpha value is -1.07. The topological polar surface area (TPSA) is 72.2 Å². The van der Waals surface area contributed by atoms with Crippen LogP contribution in [0.2, 0.25) is 0 Å². The van der Waals surface area contributed by atoms with Crippen LogP contribution in [0, 0.1) is 19.3 Å². The molecule has 3 N–H and O–H groups in total. The Morgan fingerprint density at radius 3 is 2.33 bits per heavy atom. The predicted octanol–water partition coefficient (Wildman–Crippen LogP) is 3.13. The van der Waals surface area contributed by atoms with Crippen LogP contribution in [-0.2, 0) is 10.0 Å². The van der Waals surface area contributed by atoms with Crippen LogP contribution >= 0.6 is 0 Å². The highest BCUT2D eigenvalue weighted by Gasteiger charge is 2.29. The number of nitrogen functional groups attached to an aromatic ring is 1. The summed E-state index contributed by atoms with van der Waals surface area (Å²) in [4.78, 5) is 0.199.